The summed E-state index contributed by atoms with van der Waals surface area (Å²) in [5.41, 5.74) is 1.39. The monoisotopic (exact) mass is 342 g/mol. The number of methoxy groups -OCH3 is 2. The van der Waals surface area contributed by atoms with Gasteiger partial charge in [0, 0.05) is 11.6 Å². The molecule has 3 rings (SSSR count). The smallest absolute Gasteiger partial charge is 0.255 e. The Morgan fingerprint density at radius 2 is 2.00 bits per heavy atom. The Morgan fingerprint density at radius 1 is 1.16 bits per heavy atom. The molecule has 0 aliphatic carbocycles. The van der Waals surface area contributed by atoms with E-state index < -0.39 is 0 Å². The van der Waals surface area contributed by atoms with Crippen molar-refractivity contribution in [3.05, 3.63) is 42.0 Å². The van der Waals surface area contributed by atoms with Crippen LogP contribution >= 0.6 is 0 Å². The van der Waals surface area contributed by atoms with Gasteiger partial charge in [0.1, 0.15) is 17.2 Å². The summed E-state index contributed by atoms with van der Waals surface area (Å²) in [5.74, 6) is 1.18. The quantitative estimate of drug-likeness (QED) is 0.892. The van der Waals surface area contributed by atoms with Gasteiger partial charge in [-0.15, -0.1) is 0 Å². The van der Waals surface area contributed by atoms with Crippen LogP contribution in [0.25, 0.3) is 0 Å². The van der Waals surface area contributed by atoms with Gasteiger partial charge in [-0.3, -0.25) is 9.59 Å². The number of carbonyl (C=O) groups is 2. The lowest BCUT2D eigenvalue weighted by molar-refractivity contribution is -0.116. The topological polar surface area (TPSA) is 85.9 Å². The number of benzene rings is 2. The van der Waals surface area contributed by atoms with Crippen molar-refractivity contribution in [1.82, 2.24) is 0 Å². The molecule has 7 heteroatoms. The van der Waals surface area contributed by atoms with Crippen molar-refractivity contribution in [3.8, 4) is 17.2 Å². The second kappa shape index (κ2) is 7.12. The van der Waals surface area contributed by atoms with Gasteiger partial charge >= 0.3 is 0 Å². The number of nitrogens with one attached hydrogen (secondary N) is 2. The number of carbonyl (C=O) groups excluding carboxylic acids is 2. The zero-order valence-corrected chi connectivity index (χ0v) is 13.9. The summed E-state index contributed by atoms with van der Waals surface area (Å²) >= 11 is 0. The average Bonchev–Trinajstić information content (AvgIpc) is 2.81. The number of hydrogen-bond donors (Lipinski definition) is 2. The van der Waals surface area contributed by atoms with E-state index in [0.717, 1.165) is 0 Å². The summed E-state index contributed by atoms with van der Waals surface area (Å²) in [6, 6.07) is 10.0. The molecule has 25 heavy (non-hydrogen) atoms. The summed E-state index contributed by atoms with van der Waals surface area (Å²) in [7, 11) is 3.07. The summed E-state index contributed by atoms with van der Waals surface area (Å²) in [6.45, 7) is 0.313. The lowest BCUT2D eigenvalue weighted by Crippen LogP contribution is -2.14. The number of hydrogen-bond acceptors (Lipinski definition) is 5. The molecular weight excluding hydrogens is 324 g/mol. The molecule has 0 saturated heterocycles. The maximum atomic E-state index is 12.5. The van der Waals surface area contributed by atoms with Crippen LogP contribution in [0.4, 0.5) is 11.4 Å². The Bertz CT molecular complexity index is 819. The van der Waals surface area contributed by atoms with E-state index in [-0.39, 0.29) is 18.2 Å². The molecule has 0 fully saturated rings. The summed E-state index contributed by atoms with van der Waals surface area (Å²) in [6.07, 6.45) is 0.277. The first kappa shape index (κ1) is 16.6. The highest BCUT2D eigenvalue weighted by atomic mass is 16.5. The molecule has 2 aromatic carbocycles. The first-order valence-electron chi connectivity index (χ1n) is 7.71. The summed E-state index contributed by atoms with van der Waals surface area (Å²) in [4.78, 5) is 24.2. The van der Waals surface area contributed by atoms with Crippen molar-refractivity contribution in [2.75, 3.05) is 31.5 Å². The van der Waals surface area contributed by atoms with Gasteiger partial charge in [0.15, 0.2) is 0 Å². The molecule has 2 N–H and O–H groups in total. The number of ether oxygens (including phenoxy) is 3. The maximum Gasteiger partial charge on any atom is 0.255 e. The average molecular weight is 342 g/mol. The van der Waals surface area contributed by atoms with E-state index in [4.69, 9.17) is 14.2 Å². The molecule has 0 saturated carbocycles. The minimum absolute atomic E-state index is 0.145. The molecule has 1 aliphatic rings. The third kappa shape index (κ3) is 3.65. The Kier molecular flexibility index (Phi) is 4.74. The van der Waals surface area contributed by atoms with E-state index in [2.05, 4.69) is 10.6 Å². The molecule has 2 amide bonds. The highest BCUT2D eigenvalue weighted by Crippen LogP contribution is 2.31. The molecule has 1 heterocycles. The fourth-order valence-corrected chi connectivity index (χ4v) is 2.46. The lowest BCUT2D eigenvalue weighted by atomic mass is 10.1. The zero-order chi connectivity index (χ0) is 17.8. The Labute approximate surface area is 144 Å². The van der Waals surface area contributed by atoms with Gasteiger partial charge in [0.2, 0.25) is 5.91 Å². The lowest BCUT2D eigenvalue weighted by Gasteiger charge is -2.13. The Balaban J connectivity index is 1.83. The predicted octanol–water partition coefficient (Wildman–Crippen LogP) is 2.68. The van der Waals surface area contributed by atoms with E-state index in [1.807, 2.05) is 0 Å². The molecule has 7 nitrogen and oxygen atoms in total. The Hall–Kier alpha value is -3.22. The van der Waals surface area contributed by atoms with Gasteiger partial charge in [-0.25, -0.2) is 0 Å². The van der Waals surface area contributed by atoms with Crippen molar-refractivity contribution in [2.45, 2.75) is 6.42 Å². The number of amides is 2. The molecule has 1 aliphatic heterocycles. The van der Waals surface area contributed by atoms with Crippen LogP contribution < -0.4 is 24.8 Å². The van der Waals surface area contributed by atoms with Crippen LogP contribution in [0.1, 0.15) is 16.8 Å². The van der Waals surface area contributed by atoms with Crippen molar-refractivity contribution < 1.29 is 23.8 Å². The SMILES string of the molecule is COc1ccc(NC(=O)c2ccc3c(c2)NC(=O)CCO3)c(OC)c1. The highest BCUT2D eigenvalue weighted by molar-refractivity contribution is 6.06. The number of rotatable bonds is 4. The minimum atomic E-state index is -0.329. The van der Waals surface area contributed by atoms with E-state index in [0.29, 0.717) is 40.8 Å². The van der Waals surface area contributed by atoms with Crippen molar-refractivity contribution >= 4 is 23.2 Å². The minimum Gasteiger partial charge on any atom is -0.497 e. The molecule has 2 aromatic rings. The molecule has 0 atom stereocenters. The van der Waals surface area contributed by atoms with Gasteiger partial charge < -0.3 is 24.8 Å². The van der Waals surface area contributed by atoms with E-state index in [1.54, 1.807) is 43.5 Å². The molecular formula is C18H18N2O5. The van der Waals surface area contributed by atoms with Crippen LogP contribution in [0.2, 0.25) is 0 Å². The van der Waals surface area contributed by atoms with Crippen molar-refractivity contribution in [2.24, 2.45) is 0 Å². The second-order valence-electron chi connectivity index (χ2n) is 5.38. The van der Waals surface area contributed by atoms with Gasteiger partial charge in [-0.2, -0.15) is 0 Å². The summed E-state index contributed by atoms with van der Waals surface area (Å²) < 4.78 is 15.9. The van der Waals surface area contributed by atoms with Crippen LogP contribution in [-0.4, -0.2) is 32.6 Å². The van der Waals surface area contributed by atoms with Crippen LogP contribution in [0.5, 0.6) is 17.2 Å². The van der Waals surface area contributed by atoms with Crippen LogP contribution in [-0.2, 0) is 4.79 Å². The van der Waals surface area contributed by atoms with Gasteiger partial charge in [0.05, 0.1) is 38.6 Å². The van der Waals surface area contributed by atoms with E-state index in [9.17, 15) is 9.59 Å². The fraction of sp³-hybridized carbons (Fsp3) is 0.222. The second-order valence-corrected chi connectivity index (χ2v) is 5.38. The molecule has 0 bridgehead atoms. The van der Waals surface area contributed by atoms with Crippen LogP contribution in [0.15, 0.2) is 36.4 Å². The molecule has 0 radical (unpaired) electrons. The van der Waals surface area contributed by atoms with Crippen LogP contribution in [0.3, 0.4) is 0 Å². The largest absolute Gasteiger partial charge is 0.497 e. The van der Waals surface area contributed by atoms with Gasteiger partial charge in [-0.05, 0) is 30.3 Å². The standard InChI is InChI=1S/C18H18N2O5/c1-23-12-4-5-13(16(10-12)24-2)20-18(22)11-3-6-15-14(9-11)19-17(21)7-8-25-15/h3-6,9-10H,7-8H2,1-2H3,(H,19,21)(H,20,22). The maximum absolute atomic E-state index is 12.5. The summed E-state index contributed by atoms with van der Waals surface area (Å²) in [5, 5.41) is 5.52. The molecule has 0 aromatic heterocycles. The van der Waals surface area contributed by atoms with Crippen LogP contribution in [0, 0.1) is 0 Å². The van der Waals surface area contributed by atoms with E-state index >= 15 is 0 Å². The zero-order valence-electron chi connectivity index (χ0n) is 13.9. The molecule has 130 valence electrons. The highest BCUT2D eigenvalue weighted by Gasteiger charge is 2.17. The van der Waals surface area contributed by atoms with Crippen molar-refractivity contribution in [1.29, 1.82) is 0 Å². The third-order valence-corrected chi connectivity index (χ3v) is 3.76. The Morgan fingerprint density at radius 3 is 2.76 bits per heavy atom. The fourth-order valence-electron chi connectivity index (χ4n) is 2.46. The third-order valence-electron chi connectivity index (χ3n) is 3.76. The molecule has 0 unspecified atom stereocenters. The predicted molar refractivity (Wildman–Crippen MR) is 92.7 cm³/mol. The normalized spacial score (nSPS) is 13.0. The van der Waals surface area contributed by atoms with E-state index in [1.165, 1.54) is 7.11 Å². The van der Waals surface area contributed by atoms with Gasteiger partial charge in [0.25, 0.3) is 5.91 Å². The first-order chi connectivity index (χ1) is 12.1. The molecule has 0 spiro atoms. The van der Waals surface area contributed by atoms with Crippen molar-refractivity contribution in [3.63, 3.8) is 0 Å². The first-order valence-corrected chi connectivity index (χ1v) is 7.71. The number of fused-ring (bicyclic) bond motifs is 1. The van der Waals surface area contributed by atoms with Gasteiger partial charge in [-0.1, -0.05) is 0 Å². The number of anilines is 2.